The lowest BCUT2D eigenvalue weighted by atomic mass is 10.4. The van der Waals surface area contributed by atoms with E-state index < -0.39 is 0 Å². The third-order valence-corrected chi connectivity index (χ3v) is 0.471. The molecular formula is C7H18N2. The maximum Gasteiger partial charge on any atom is 0.0518 e. The summed E-state index contributed by atoms with van der Waals surface area (Å²) < 4.78 is 0. The zero-order valence-corrected chi connectivity index (χ0v) is 6.65. The van der Waals surface area contributed by atoms with Crippen LogP contribution in [0.5, 0.6) is 0 Å². The Morgan fingerprint density at radius 3 is 1.56 bits per heavy atom. The monoisotopic (exact) mass is 130 g/mol. The van der Waals surface area contributed by atoms with E-state index in [4.69, 9.17) is 11.5 Å². The van der Waals surface area contributed by atoms with E-state index in [1.807, 2.05) is 20.8 Å². The molecular weight excluding hydrogens is 112 g/mol. The zero-order valence-electron chi connectivity index (χ0n) is 6.65. The highest BCUT2D eigenvalue weighted by atomic mass is 14.8. The van der Waals surface area contributed by atoms with Crippen molar-refractivity contribution < 1.29 is 0 Å². The van der Waals surface area contributed by atoms with Crippen LogP contribution < -0.4 is 11.5 Å². The second kappa shape index (κ2) is 7.66. The van der Waals surface area contributed by atoms with Gasteiger partial charge in [0.25, 0.3) is 0 Å². The van der Waals surface area contributed by atoms with Gasteiger partial charge in [0.05, 0.1) is 6.17 Å². The molecule has 0 unspecified atom stereocenters. The highest BCUT2D eigenvalue weighted by Gasteiger charge is 1.79. The van der Waals surface area contributed by atoms with E-state index in [0.717, 1.165) is 6.42 Å². The van der Waals surface area contributed by atoms with Crippen molar-refractivity contribution in [3.05, 3.63) is 12.2 Å². The van der Waals surface area contributed by atoms with Gasteiger partial charge in [-0.15, -0.1) is 6.58 Å². The summed E-state index contributed by atoms with van der Waals surface area (Å²) in [7, 11) is 0. The number of rotatable bonds is 1. The molecule has 0 aromatic heterocycles. The van der Waals surface area contributed by atoms with Crippen molar-refractivity contribution in [3.8, 4) is 0 Å². The third-order valence-electron chi connectivity index (χ3n) is 0.471. The number of allylic oxidation sites excluding steroid dienone is 1. The quantitative estimate of drug-likeness (QED) is 0.414. The van der Waals surface area contributed by atoms with Gasteiger partial charge >= 0.3 is 0 Å². The van der Waals surface area contributed by atoms with Crippen molar-refractivity contribution >= 4 is 0 Å². The largest absolute Gasteiger partial charge is 0.316 e. The van der Waals surface area contributed by atoms with Crippen molar-refractivity contribution in [2.75, 3.05) is 0 Å². The Balaban J connectivity index is 0. The van der Waals surface area contributed by atoms with Crippen LogP contribution in [0.25, 0.3) is 0 Å². The molecule has 0 atom stereocenters. The first-order chi connectivity index (χ1) is 4.00. The van der Waals surface area contributed by atoms with E-state index in [9.17, 15) is 0 Å². The standard InChI is InChI=1S/C4H8.C3H10N2/c1-4(2)3;1-2-3(4)5/h1H2,2-3H3;3H,2,4-5H2,1H3. The molecule has 56 valence electrons. The van der Waals surface area contributed by atoms with Gasteiger partial charge in [0.1, 0.15) is 0 Å². The van der Waals surface area contributed by atoms with E-state index in [0.29, 0.717) is 0 Å². The van der Waals surface area contributed by atoms with Gasteiger partial charge in [-0.25, -0.2) is 0 Å². The van der Waals surface area contributed by atoms with Crippen LogP contribution in [0.4, 0.5) is 0 Å². The van der Waals surface area contributed by atoms with Crippen LogP contribution >= 0.6 is 0 Å². The number of nitrogens with two attached hydrogens (primary N) is 2. The van der Waals surface area contributed by atoms with Crippen molar-refractivity contribution in [2.24, 2.45) is 11.5 Å². The van der Waals surface area contributed by atoms with Gasteiger partial charge < -0.3 is 11.5 Å². The van der Waals surface area contributed by atoms with Crippen molar-refractivity contribution in [1.82, 2.24) is 0 Å². The van der Waals surface area contributed by atoms with Gasteiger partial charge in [0.2, 0.25) is 0 Å². The topological polar surface area (TPSA) is 52.0 Å². The second-order valence-electron chi connectivity index (χ2n) is 2.28. The summed E-state index contributed by atoms with van der Waals surface area (Å²) in [5.41, 5.74) is 11.3. The molecule has 0 heterocycles. The SMILES string of the molecule is C=C(C)C.CCC(N)N. The summed E-state index contributed by atoms with van der Waals surface area (Å²) in [6, 6.07) is 0. The van der Waals surface area contributed by atoms with Crippen LogP contribution in [-0.4, -0.2) is 6.17 Å². The number of hydrogen-bond acceptors (Lipinski definition) is 2. The Bertz CT molecular complexity index is 63.3. The molecule has 0 bridgehead atoms. The fourth-order valence-corrected chi connectivity index (χ4v) is 0. The molecule has 0 aromatic rings. The molecule has 2 nitrogen and oxygen atoms in total. The molecule has 0 aromatic carbocycles. The molecule has 9 heavy (non-hydrogen) atoms. The van der Waals surface area contributed by atoms with Crippen LogP contribution in [0.3, 0.4) is 0 Å². The minimum Gasteiger partial charge on any atom is -0.316 e. The van der Waals surface area contributed by atoms with Crippen molar-refractivity contribution in [3.63, 3.8) is 0 Å². The molecule has 0 fully saturated rings. The van der Waals surface area contributed by atoms with Gasteiger partial charge in [0.15, 0.2) is 0 Å². The van der Waals surface area contributed by atoms with Gasteiger partial charge in [-0.1, -0.05) is 12.5 Å². The van der Waals surface area contributed by atoms with Gasteiger partial charge in [-0.05, 0) is 20.3 Å². The summed E-state index contributed by atoms with van der Waals surface area (Å²) in [5.74, 6) is 0. The highest BCUT2D eigenvalue weighted by Crippen LogP contribution is 1.73. The van der Waals surface area contributed by atoms with Gasteiger partial charge in [0, 0.05) is 0 Å². The highest BCUT2D eigenvalue weighted by molar-refractivity contribution is 4.78. The molecule has 0 aliphatic rings. The van der Waals surface area contributed by atoms with Crippen molar-refractivity contribution in [2.45, 2.75) is 33.4 Å². The molecule has 0 aliphatic carbocycles. The summed E-state index contributed by atoms with van der Waals surface area (Å²) in [4.78, 5) is 0. The van der Waals surface area contributed by atoms with E-state index >= 15 is 0 Å². The van der Waals surface area contributed by atoms with Gasteiger partial charge in [-0.3, -0.25) is 0 Å². The fraction of sp³-hybridized carbons (Fsp3) is 0.714. The Kier molecular flexibility index (Phi) is 9.75. The second-order valence-corrected chi connectivity index (χ2v) is 2.28. The first kappa shape index (κ1) is 11.5. The molecule has 0 rings (SSSR count). The predicted molar refractivity (Wildman–Crippen MR) is 42.9 cm³/mol. The molecule has 0 saturated heterocycles. The van der Waals surface area contributed by atoms with Crippen molar-refractivity contribution in [1.29, 1.82) is 0 Å². The fourth-order valence-electron chi connectivity index (χ4n) is 0. The molecule has 0 saturated carbocycles. The summed E-state index contributed by atoms with van der Waals surface area (Å²) in [6.45, 7) is 9.45. The van der Waals surface area contributed by atoms with Gasteiger partial charge in [-0.2, -0.15) is 0 Å². The molecule has 0 spiro atoms. The minimum atomic E-state index is -0.116. The first-order valence-electron chi connectivity index (χ1n) is 3.14. The Morgan fingerprint density at radius 1 is 1.44 bits per heavy atom. The lowest BCUT2D eigenvalue weighted by Gasteiger charge is -1.92. The van der Waals surface area contributed by atoms with E-state index in [1.165, 1.54) is 5.57 Å². The predicted octanol–water partition coefficient (Wildman–Crippen LogP) is 1.22. The molecule has 4 N–H and O–H groups in total. The molecule has 0 radical (unpaired) electrons. The van der Waals surface area contributed by atoms with Crippen LogP contribution in [0.15, 0.2) is 12.2 Å². The smallest absolute Gasteiger partial charge is 0.0518 e. The van der Waals surface area contributed by atoms with E-state index in [-0.39, 0.29) is 6.17 Å². The normalized spacial score (nSPS) is 8.22. The maximum atomic E-state index is 5.07. The summed E-state index contributed by atoms with van der Waals surface area (Å²) >= 11 is 0. The van der Waals surface area contributed by atoms with Crippen LogP contribution in [0.1, 0.15) is 27.2 Å². The third kappa shape index (κ3) is 89.1. The molecule has 2 heteroatoms. The lowest BCUT2D eigenvalue weighted by molar-refractivity contribution is 0.682. The Hall–Kier alpha value is -0.340. The van der Waals surface area contributed by atoms with E-state index in [1.54, 1.807) is 0 Å². The number of hydrogen-bond donors (Lipinski definition) is 2. The van der Waals surface area contributed by atoms with Crippen LogP contribution in [0.2, 0.25) is 0 Å². The summed E-state index contributed by atoms with van der Waals surface area (Å²) in [6.07, 6.45) is 0.745. The minimum absolute atomic E-state index is 0.116. The average Bonchev–Trinajstić information content (AvgIpc) is 1.65. The van der Waals surface area contributed by atoms with E-state index in [2.05, 4.69) is 6.58 Å². The average molecular weight is 130 g/mol. The maximum absolute atomic E-state index is 5.07. The zero-order chi connectivity index (χ0) is 7.86. The molecule has 0 aliphatic heterocycles. The van der Waals surface area contributed by atoms with Crippen LogP contribution in [-0.2, 0) is 0 Å². The summed E-state index contributed by atoms with van der Waals surface area (Å²) in [5, 5.41) is 0. The Labute approximate surface area is 57.9 Å². The van der Waals surface area contributed by atoms with Crippen LogP contribution in [0, 0.1) is 0 Å². The first-order valence-corrected chi connectivity index (χ1v) is 3.14. The lowest BCUT2D eigenvalue weighted by Crippen LogP contribution is -2.28. The molecule has 0 amide bonds. The Morgan fingerprint density at radius 2 is 1.56 bits per heavy atom.